The van der Waals surface area contributed by atoms with E-state index in [4.69, 9.17) is 0 Å². The molecule has 4 nitrogen and oxygen atoms in total. The van der Waals surface area contributed by atoms with Crippen LogP contribution in [0.1, 0.15) is 16.0 Å². The lowest BCUT2D eigenvalue weighted by molar-refractivity contribution is 0.593. The molecule has 0 saturated carbocycles. The van der Waals surface area contributed by atoms with Gasteiger partial charge in [-0.2, -0.15) is 0 Å². The Hall–Kier alpha value is -1.37. The van der Waals surface area contributed by atoms with Crippen molar-refractivity contribution in [2.45, 2.75) is 25.3 Å². The molecular formula is C15H20N2O2S2. The zero-order chi connectivity index (χ0) is 15.6. The maximum absolute atomic E-state index is 12.8. The van der Waals surface area contributed by atoms with Crippen LogP contribution in [0, 0.1) is 13.8 Å². The van der Waals surface area contributed by atoms with E-state index in [1.165, 1.54) is 15.6 Å². The number of nitrogens with one attached hydrogen (secondary N) is 1. The summed E-state index contributed by atoms with van der Waals surface area (Å²) < 4.78 is 27.0. The average molecular weight is 324 g/mol. The Morgan fingerprint density at radius 3 is 2.38 bits per heavy atom. The highest BCUT2D eigenvalue weighted by Gasteiger charge is 2.25. The van der Waals surface area contributed by atoms with Gasteiger partial charge in [0.2, 0.25) is 0 Å². The first-order chi connectivity index (χ1) is 9.86. The summed E-state index contributed by atoms with van der Waals surface area (Å²) in [5, 5.41) is 4.82. The van der Waals surface area contributed by atoms with E-state index in [1.54, 1.807) is 13.1 Å². The maximum Gasteiger partial charge on any atom is 0.265 e. The molecular weight excluding hydrogens is 304 g/mol. The lowest BCUT2D eigenvalue weighted by Crippen LogP contribution is -2.27. The molecule has 1 N–H and O–H groups in total. The van der Waals surface area contributed by atoms with Crippen molar-refractivity contribution in [3.63, 3.8) is 0 Å². The van der Waals surface area contributed by atoms with Gasteiger partial charge < -0.3 is 5.32 Å². The Labute approximate surface area is 130 Å². The van der Waals surface area contributed by atoms with Gasteiger partial charge in [0.1, 0.15) is 4.90 Å². The lowest BCUT2D eigenvalue weighted by atomic mass is 10.1. The van der Waals surface area contributed by atoms with Crippen molar-refractivity contribution in [3.05, 3.63) is 45.6 Å². The lowest BCUT2D eigenvalue weighted by Gasteiger charge is -2.20. The molecule has 1 aromatic carbocycles. The molecule has 114 valence electrons. The third kappa shape index (κ3) is 3.28. The van der Waals surface area contributed by atoms with Gasteiger partial charge >= 0.3 is 0 Å². The number of aryl methyl sites for hydroxylation is 2. The van der Waals surface area contributed by atoms with E-state index >= 15 is 0 Å². The van der Waals surface area contributed by atoms with Crippen molar-refractivity contribution < 1.29 is 8.42 Å². The molecule has 6 heteroatoms. The van der Waals surface area contributed by atoms with Crippen molar-refractivity contribution in [1.29, 1.82) is 0 Å². The van der Waals surface area contributed by atoms with E-state index in [-0.39, 0.29) is 0 Å². The molecule has 0 atom stereocenters. The summed E-state index contributed by atoms with van der Waals surface area (Å²) >= 11 is 1.45. The van der Waals surface area contributed by atoms with Crippen molar-refractivity contribution >= 4 is 27.0 Å². The second-order valence-corrected chi connectivity index (χ2v) is 8.00. The van der Waals surface area contributed by atoms with Crippen LogP contribution < -0.4 is 9.62 Å². The van der Waals surface area contributed by atoms with E-state index in [1.807, 2.05) is 44.5 Å². The molecule has 2 rings (SSSR count). The monoisotopic (exact) mass is 324 g/mol. The second-order valence-electron chi connectivity index (χ2n) is 5.06. The first-order valence-electron chi connectivity index (χ1n) is 6.64. The molecule has 0 saturated heterocycles. The smallest absolute Gasteiger partial charge is 0.265 e. The Morgan fingerprint density at radius 2 is 1.81 bits per heavy atom. The molecule has 2 aromatic rings. The number of rotatable bonds is 5. The zero-order valence-corrected chi connectivity index (χ0v) is 14.3. The summed E-state index contributed by atoms with van der Waals surface area (Å²) in [6.07, 6.45) is 0. The van der Waals surface area contributed by atoms with Crippen LogP contribution in [-0.2, 0) is 16.6 Å². The fraction of sp³-hybridized carbons (Fsp3) is 0.333. The van der Waals surface area contributed by atoms with Crippen LogP contribution in [0.15, 0.2) is 34.5 Å². The second kappa shape index (κ2) is 6.17. The number of benzene rings is 1. The van der Waals surface area contributed by atoms with Gasteiger partial charge in [0.15, 0.2) is 0 Å². The molecule has 1 heterocycles. The van der Waals surface area contributed by atoms with Gasteiger partial charge in [-0.15, -0.1) is 11.3 Å². The van der Waals surface area contributed by atoms with Gasteiger partial charge in [0, 0.05) is 18.5 Å². The van der Waals surface area contributed by atoms with E-state index in [0.29, 0.717) is 17.1 Å². The highest BCUT2D eigenvalue weighted by molar-refractivity contribution is 7.93. The largest absolute Gasteiger partial charge is 0.315 e. The number of sulfonamides is 1. The highest BCUT2D eigenvalue weighted by Crippen LogP contribution is 2.28. The predicted molar refractivity (Wildman–Crippen MR) is 88.6 cm³/mol. The first-order valence-corrected chi connectivity index (χ1v) is 8.96. The fourth-order valence-electron chi connectivity index (χ4n) is 2.27. The Balaban J connectivity index is 2.45. The van der Waals surface area contributed by atoms with Crippen molar-refractivity contribution in [2.24, 2.45) is 0 Å². The molecule has 0 aliphatic rings. The summed E-state index contributed by atoms with van der Waals surface area (Å²) in [6, 6.07) is 7.47. The van der Waals surface area contributed by atoms with Gasteiger partial charge in [0.25, 0.3) is 10.0 Å². The minimum Gasteiger partial charge on any atom is -0.315 e. The zero-order valence-electron chi connectivity index (χ0n) is 12.7. The molecule has 1 aromatic heterocycles. The third-order valence-corrected chi connectivity index (χ3v) is 6.17. The van der Waals surface area contributed by atoms with Crippen LogP contribution in [-0.4, -0.2) is 22.5 Å². The number of hydrogen-bond donors (Lipinski definition) is 1. The molecule has 0 spiro atoms. The van der Waals surface area contributed by atoms with Gasteiger partial charge in [-0.3, -0.25) is 4.31 Å². The molecule has 0 bridgehead atoms. The van der Waals surface area contributed by atoms with Crippen molar-refractivity contribution in [1.82, 2.24) is 5.32 Å². The minimum atomic E-state index is -3.53. The van der Waals surface area contributed by atoms with Gasteiger partial charge in [-0.05, 0) is 55.6 Å². The van der Waals surface area contributed by atoms with Crippen LogP contribution in [0.5, 0.6) is 0 Å². The van der Waals surface area contributed by atoms with Crippen molar-refractivity contribution in [2.75, 3.05) is 18.4 Å². The number of hydrogen-bond acceptors (Lipinski definition) is 4. The van der Waals surface area contributed by atoms with Gasteiger partial charge in [-0.25, -0.2) is 8.42 Å². The summed E-state index contributed by atoms with van der Waals surface area (Å²) in [6.45, 7) is 4.48. The van der Waals surface area contributed by atoms with E-state index in [9.17, 15) is 8.42 Å². The van der Waals surface area contributed by atoms with Crippen LogP contribution in [0.4, 0.5) is 5.69 Å². The SMILES string of the molecule is CNCc1sccc1S(=O)(=O)N(C)c1cc(C)cc(C)c1. The molecule has 0 fully saturated rings. The molecule has 0 amide bonds. The number of anilines is 1. The van der Waals surface area contributed by atoms with E-state index in [0.717, 1.165) is 16.0 Å². The standard InChI is InChI=1S/C15H20N2O2S2/c1-11-7-12(2)9-13(8-11)17(4)21(18,19)15-5-6-20-14(15)10-16-3/h5-9,16H,10H2,1-4H3. The van der Waals surface area contributed by atoms with Crippen LogP contribution in [0.3, 0.4) is 0 Å². The predicted octanol–water partition coefficient (Wildman–Crippen LogP) is 2.91. The Bertz CT molecular complexity index is 716. The van der Waals surface area contributed by atoms with Crippen molar-refractivity contribution in [3.8, 4) is 0 Å². The molecule has 0 radical (unpaired) electrons. The average Bonchev–Trinajstić information content (AvgIpc) is 2.86. The van der Waals surface area contributed by atoms with Crippen LogP contribution in [0.25, 0.3) is 0 Å². The number of nitrogens with zero attached hydrogens (tertiary/aromatic N) is 1. The molecule has 0 unspecified atom stereocenters. The summed E-state index contributed by atoms with van der Waals surface area (Å²) in [4.78, 5) is 1.21. The first kappa shape index (κ1) is 16.0. The van der Waals surface area contributed by atoms with Crippen LogP contribution in [0.2, 0.25) is 0 Å². The summed E-state index contributed by atoms with van der Waals surface area (Å²) in [5.41, 5.74) is 2.79. The normalized spacial score (nSPS) is 11.6. The quantitative estimate of drug-likeness (QED) is 0.920. The third-order valence-electron chi connectivity index (χ3n) is 3.25. The highest BCUT2D eigenvalue weighted by atomic mass is 32.2. The number of thiophene rings is 1. The Morgan fingerprint density at radius 1 is 1.19 bits per heavy atom. The Kier molecular flexibility index (Phi) is 4.70. The van der Waals surface area contributed by atoms with E-state index in [2.05, 4.69) is 5.32 Å². The van der Waals surface area contributed by atoms with Gasteiger partial charge in [0.05, 0.1) is 5.69 Å². The van der Waals surface area contributed by atoms with E-state index < -0.39 is 10.0 Å². The minimum absolute atomic E-state index is 0.378. The molecule has 21 heavy (non-hydrogen) atoms. The van der Waals surface area contributed by atoms with Crippen LogP contribution >= 0.6 is 11.3 Å². The summed E-state index contributed by atoms with van der Waals surface area (Å²) in [7, 11) is -0.120. The summed E-state index contributed by atoms with van der Waals surface area (Å²) in [5.74, 6) is 0. The molecule has 0 aliphatic heterocycles. The molecule has 0 aliphatic carbocycles. The fourth-order valence-corrected chi connectivity index (χ4v) is 4.87. The van der Waals surface area contributed by atoms with Gasteiger partial charge in [-0.1, -0.05) is 6.07 Å². The topological polar surface area (TPSA) is 49.4 Å². The maximum atomic E-state index is 12.8.